The molecule has 0 aliphatic carbocycles. The van der Waals surface area contributed by atoms with Crippen LogP contribution >= 0.6 is 0 Å². The van der Waals surface area contributed by atoms with Crippen LogP contribution in [0.3, 0.4) is 0 Å². The van der Waals surface area contributed by atoms with Gasteiger partial charge in [-0.2, -0.15) is 0 Å². The number of aliphatic hydroxyl groups is 1. The zero-order valence-corrected chi connectivity index (χ0v) is 8.40. The van der Waals surface area contributed by atoms with E-state index < -0.39 is 11.9 Å². The van der Waals surface area contributed by atoms with Gasteiger partial charge < -0.3 is 10.0 Å². The van der Waals surface area contributed by atoms with Crippen LogP contribution in [0.2, 0.25) is 0 Å². The van der Waals surface area contributed by atoms with E-state index in [0.29, 0.717) is 18.7 Å². The molecule has 15 heavy (non-hydrogen) atoms. The van der Waals surface area contributed by atoms with Crippen molar-refractivity contribution in [2.45, 2.75) is 13.0 Å². The predicted octanol–water partition coefficient (Wildman–Crippen LogP) is 0.951. The fourth-order valence-corrected chi connectivity index (χ4v) is 1.66. The van der Waals surface area contributed by atoms with Crippen molar-refractivity contribution in [1.82, 2.24) is 4.90 Å². The number of halogens is 1. The highest BCUT2D eigenvalue weighted by molar-refractivity contribution is 5.95. The molecule has 1 saturated heterocycles. The van der Waals surface area contributed by atoms with Gasteiger partial charge in [-0.3, -0.25) is 4.79 Å². The number of hydrogen-bond donors (Lipinski definition) is 1. The summed E-state index contributed by atoms with van der Waals surface area (Å²) in [7, 11) is 0. The molecule has 1 fully saturated rings. The molecule has 1 aliphatic rings. The number of likely N-dealkylation sites (tertiary alicyclic amines) is 1. The van der Waals surface area contributed by atoms with Crippen LogP contribution in [0.4, 0.5) is 4.39 Å². The van der Waals surface area contributed by atoms with E-state index in [1.807, 2.05) is 0 Å². The minimum Gasteiger partial charge on any atom is -0.389 e. The highest BCUT2D eigenvalue weighted by Gasteiger charge is 2.29. The maximum absolute atomic E-state index is 13.0. The maximum atomic E-state index is 13.0. The lowest BCUT2D eigenvalue weighted by Crippen LogP contribution is -2.53. The summed E-state index contributed by atoms with van der Waals surface area (Å²) in [5.74, 6) is -0.623. The Balaban J connectivity index is 2.18. The summed E-state index contributed by atoms with van der Waals surface area (Å²) in [5, 5.41) is 9.06. The molecular weight excluding hydrogens is 197 g/mol. The second kappa shape index (κ2) is 3.62. The molecule has 0 spiro atoms. The fourth-order valence-electron chi connectivity index (χ4n) is 1.66. The minimum absolute atomic E-state index is 0.220. The van der Waals surface area contributed by atoms with E-state index in [1.165, 1.54) is 17.0 Å². The van der Waals surface area contributed by atoms with Gasteiger partial charge in [0, 0.05) is 18.7 Å². The van der Waals surface area contributed by atoms with Crippen molar-refractivity contribution in [1.29, 1.82) is 0 Å². The van der Waals surface area contributed by atoms with Crippen LogP contribution in [-0.4, -0.2) is 35.1 Å². The molecule has 3 nitrogen and oxygen atoms in total. The lowest BCUT2D eigenvalue weighted by Gasteiger charge is -2.35. The van der Waals surface area contributed by atoms with E-state index in [9.17, 15) is 9.18 Å². The van der Waals surface area contributed by atoms with E-state index >= 15 is 0 Å². The zero-order valence-electron chi connectivity index (χ0n) is 8.40. The Kier molecular flexibility index (Phi) is 2.44. The van der Waals surface area contributed by atoms with Crippen molar-refractivity contribution < 1.29 is 14.3 Å². The van der Waals surface area contributed by atoms with Crippen molar-refractivity contribution in [3.63, 3.8) is 0 Å². The van der Waals surface area contributed by atoms with Gasteiger partial charge in [0.15, 0.2) is 0 Å². The van der Waals surface area contributed by atoms with Crippen LogP contribution in [0.1, 0.15) is 15.9 Å². The van der Waals surface area contributed by atoms with Crippen molar-refractivity contribution in [3.05, 3.63) is 35.1 Å². The van der Waals surface area contributed by atoms with Crippen LogP contribution in [0.15, 0.2) is 18.2 Å². The smallest absolute Gasteiger partial charge is 0.254 e. The number of carbonyl (C=O) groups is 1. The van der Waals surface area contributed by atoms with Gasteiger partial charge in [-0.25, -0.2) is 4.39 Å². The van der Waals surface area contributed by atoms with E-state index in [4.69, 9.17) is 5.11 Å². The van der Waals surface area contributed by atoms with E-state index in [1.54, 1.807) is 13.0 Å². The first-order valence-electron chi connectivity index (χ1n) is 4.81. The van der Waals surface area contributed by atoms with Crippen LogP contribution in [0.25, 0.3) is 0 Å². The predicted molar refractivity (Wildman–Crippen MR) is 53.0 cm³/mol. The summed E-state index contributed by atoms with van der Waals surface area (Å²) in [6.07, 6.45) is -0.427. The number of amides is 1. The Morgan fingerprint density at radius 1 is 1.47 bits per heavy atom. The molecule has 4 heteroatoms. The van der Waals surface area contributed by atoms with Crippen molar-refractivity contribution in [3.8, 4) is 0 Å². The van der Waals surface area contributed by atoms with Gasteiger partial charge in [-0.15, -0.1) is 0 Å². The van der Waals surface area contributed by atoms with Gasteiger partial charge in [-0.05, 0) is 30.7 Å². The average Bonchev–Trinajstić information content (AvgIpc) is 2.10. The van der Waals surface area contributed by atoms with Gasteiger partial charge >= 0.3 is 0 Å². The van der Waals surface area contributed by atoms with Gasteiger partial charge in [0.05, 0.1) is 6.10 Å². The van der Waals surface area contributed by atoms with Gasteiger partial charge in [0.1, 0.15) is 5.82 Å². The highest BCUT2D eigenvalue weighted by Crippen LogP contribution is 2.15. The lowest BCUT2D eigenvalue weighted by atomic mass is 10.1. The number of aryl methyl sites for hydroxylation is 1. The largest absolute Gasteiger partial charge is 0.389 e. The van der Waals surface area contributed by atoms with Crippen molar-refractivity contribution >= 4 is 5.91 Å². The standard InChI is InChI=1S/C11H12FNO2/c1-7-2-8(4-9(12)3-7)11(15)13-5-10(14)6-13/h2-4,10,14H,5-6H2,1H3. The lowest BCUT2D eigenvalue weighted by molar-refractivity contribution is 0.00586. The normalized spacial score (nSPS) is 16.3. The Bertz CT molecular complexity index is 379. The van der Waals surface area contributed by atoms with Gasteiger partial charge in [0.25, 0.3) is 5.91 Å². The molecule has 1 aliphatic heterocycles. The molecular formula is C11H12FNO2. The molecule has 2 rings (SSSR count). The molecule has 1 amide bonds. The monoisotopic (exact) mass is 209 g/mol. The summed E-state index contributed by atoms with van der Waals surface area (Å²) in [6, 6.07) is 4.25. The first-order valence-corrected chi connectivity index (χ1v) is 4.81. The van der Waals surface area contributed by atoms with Crippen LogP contribution in [-0.2, 0) is 0 Å². The first-order chi connectivity index (χ1) is 7.06. The molecule has 1 N–H and O–H groups in total. The Labute approximate surface area is 87.1 Å². The molecule has 1 aromatic carbocycles. The highest BCUT2D eigenvalue weighted by atomic mass is 19.1. The van der Waals surface area contributed by atoms with E-state index in [0.717, 1.165) is 5.56 Å². The SMILES string of the molecule is Cc1cc(F)cc(C(=O)N2CC(O)C2)c1. The molecule has 1 heterocycles. The molecule has 0 radical (unpaired) electrons. The molecule has 0 unspecified atom stereocenters. The second-order valence-corrected chi connectivity index (χ2v) is 3.88. The third kappa shape index (κ3) is 1.99. The molecule has 0 saturated carbocycles. The number of carbonyl (C=O) groups excluding carboxylic acids is 1. The second-order valence-electron chi connectivity index (χ2n) is 3.88. The van der Waals surface area contributed by atoms with Crippen LogP contribution < -0.4 is 0 Å². The molecule has 0 bridgehead atoms. The topological polar surface area (TPSA) is 40.5 Å². The summed E-state index contributed by atoms with van der Waals surface area (Å²) < 4.78 is 13.0. The van der Waals surface area contributed by atoms with Crippen molar-refractivity contribution in [2.75, 3.05) is 13.1 Å². The summed E-state index contributed by atoms with van der Waals surface area (Å²) in [6.45, 7) is 2.42. The number of nitrogens with zero attached hydrogens (tertiary/aromatic N) is 1. The molecule has 0 aromatic heterocycles. The fraction of sp³-hybridized carbons (Fsp3) is 0.364. The number of hydrogen-bond acceptors (Lipinski definition) is 2. The van der Waals surface area contributed by atoms with Crippen LogP contribution in [0.5, 0.6) is 0 Å². The summed E-state index contributed by atoms with van der Waals surface area (Å²) >= 11 is 0. The third-order valence-electron chi connectivity index (χ3n) is 2.44. The van der Waals surface area contributed by atoms with E-state index in [2.05, 4.69) is 0 Å². The number of aliphatic hydroxyl groups excluding tert-OH is 1. The Morgan fingerprint density at radius 2 is 2.13 bits per heavy atom. The van der Waals surface area contributed by atoms with Gasteiger partial charge in [0.2, 0.25) is 0 Å². The Hall–Kier alpha value is -1.42. The first kappa shape index (κ1) is 10.1. The molecule has 80 valence electrons. The quantitative estimate of drug-likeness (QED) is 0.748. The van der Waals surface area contributed by atoms with Crippen molar-refractivity contribution in [2.24, 2.45) is 0 Å². The molecule has 0 atom stereocenters. The summed E-state index contributed by atoms with van der Waals surface area (Å²) in [5.41, 5.74) is 1.07. The van der Waals surface area contributed by atoms with Crippen LogP contribution in [0, 0.1) is 12.7 Å². The molecule has 1 aromatic rings. The zero-order chi connectivity index (χ0) is 11.0. The number of rotatable bonds is 1. The van der Waals surface area contributed by atoms with E-state index in [-0.39, 0.29) is 5.91 Å². The average molecular weight is 209 g/mol. The maximum Gasteiger partial charge on any atom is 0.254 e. The Morgan fingerprint density at radius 3 is 2.67 bits per heavy atom. The number of benzene rings is 1. The minimum atomic E-state index is -0.427. The third-order valence-corrected chi connectivity index (χ3v) is 2.44. The summed E-state index contributed by atoms with van der Waals surface area (Å²) in [4.78, 5) is 13.2. The van der Waals surface area contributed by atoms with Gasteiger partial charge in [-0.1, -0.05) is 0 Å². The number of β-amino-alcohol motifs (C(OH)–C–C–N with tert-alkyl or cyclic N) is 1.